The summed E-state index contributed by atoms with van der Waals surface area (Å²) in [5, 5.41) is 6.70. The van der Waals surface area contributed by atoms with Gasteiger partial charge >= 0.3 is 0 Å². The van der Waals surface area contributed by atoms with Crippen LogP contribution < -0.4 is 16.4 Å². The summed E-state index contributed by atoms with van der Waals surface area (Å²) in [5.41, 5.74) is 10.1. The summed E-state index contributed by atoms with van der Waals surface area (Å²) in [6, 6.07) is 11.2. The fourth-order valence-electron chi connectivity index (χ4n) is 2.26. The molecule has 4 N–H and O–H groups in total. The average Bonchev–Trinajstić information content (AvgIpc) is 2.42. The predicted octanol–water partition coefficient (Wildman–Crippen LogP) is 3.55. The van der Waals surface area contributed by atoms with E-state index in [0.717, 1.165) is 29.0 Å². The molecule has 0 saturated heterocycles. The number of hydrogen-bond acceptors (Lipinski definition) is 3. The lowest BCUT2D eigenvalue weighted by Gasteiger charge is -2.20. The van der Waals surface area contributed by atoms with Crippen LogP contribution in [0.25, 0.3) is 0 Å². The molecule has 2 aromatic rings. The molecule has 0 saturated carbocycles. The number of carbonyl (C=O) groups is 1. The first-order valence-corrected chi connectivity index (χ1v) is 6.75. The number of aryl methyl sites for hydroxylation is 1. The van der Waals surface area contributed by atoms with Crippen molar-refractivity contribution < 1.29 is 4.79 Å². The van der Waals surface area contributed by atoms with Gasteiger partial charge in [-0.1, -0.05) is 23.7 Å². The number of fused-ring (bicyclic) bond motifs is 1. The van der Waals surface area contributed by atoms with Crippen LogP contribution in [0.4, 0.5) is 22.7 Å². The van der Waals surface area contributed by atoms with Gasteiger partial charge in [0.1, 0.15) is 0 Å². The first-order valence-electron chi connectivity index (χ1n) is 6.37. The van der Waals surface area contributed by atoms with Gasteiger partial charge in [-0.2, -0.15) is 0 Å². The molecule has 4 nitrogen and oxygen atoms in total. The molecule has 0 fully saturated rings. The van der Waals surface area contributed by atoms with Crippen LogP contribution in [0.5, 0.6) is 0 Å². The second-order valence-electron chi connectivity index (χ2n) is 4.75. The molecule has 0 aliphatic carbocycles. The van der Waals surface area contributed by atoms with Crippen molar-refractivity contribution in [3.63, 3.8) is 0 Å². The summed E-state index contributed by atoms with van der Waals surface area (Å²) < 4.78 is 0. The van der Waals surface area contributed by atoms with E-state index in [1.807, 2.05) is 30.3 Å². The van der Waals surface area contributed by atoms with E-state index in [1.165, 1.54) is 0 Å². The van der Waals surface area contributed by atoms with Crippen molar-refractivity contribution in [3.8, 4) is 0 Å². The molecule has 0 unspecified atom stereocenters. The van der Waals surface area contributed by atoms with Crippen LogP contribution in [0, 0.1) is 0 Å². The SMILES string of the molecule is Nc1cc2c(cc1Nc1ccccc1Cl)CCC(=O)N2. The van der Waals surface area contributed by atoms with Crippen molar-refractivity contribution >= 4 is 40.3 Å². The Morgan fingerprint density at radius 3 is 2.75 bits per heavy atom. The third kappa shape index (κ3) is 2.42. The standard InChI is InChI=1S/C15H14ClN3O/c16-10-3-1-2-4-12(10)18-14-7-9-5-6-15(20)19-13(9)8-11(14)17/h1-4,7-8,18H,5-6,17H2,(H,19,20). The molecular formula is C15H14ClN3O. The molecule has 5 heteroatoms. The number of nitrogen functional groups attached to an aromatic ring is 1. The Labute approximate surface area is 121 Å². The van der Waals surface area contributed by atoms with Gasteiger partial charge in [0.25, 0.3) is 0 Å². The molecule has 0 atom stereocenters. The average molecular weight is 288 g/mol. The molecule has 1 heterocycles. The zero-order chi connectivity index (χ0) is 14.1. The van der Waals surface area contributed by atoms with Gasteiger partial charge in [0.05, 0.1) is 22.1 Å². The third-order valence-electron chi connectivity index (χ3n) is 3.31. The molecule has 0 aromatic heterocycles. The van der Waals surface area contributed by atoms with Gasteiger partial charge in [-0.25, -0.2) is 0 Å². The highest BCUT2D eigenvalue weighted by Gasteiger charge is 2.16. The molecule has 0 bridgehead atoms. The van der Waals surface area contributed by atoms with Gasteiger partial charge < -0.3 is 16.4 Å². The van der Waals surface area contributed by atoms with E-state index in [0.29, 0.717) is 17.1 Å². The molecule has 20 heavy (non-hydrogen) atoms. The van der Waals surface area contributed by atoms with Gasteiger partial charge in [-0.3, -0.25) is 4.79 Å². The second-order valence-corrected chi connectivity index (χ2v) is 5.16. The van der Waals surface area contributed by atoms with Crippen molar-refractivity contribution in [1.82, 2.24) is 0 Å². The van der Waals surface area contributed by atoms with Crippen LogP contribution in [0.15, 0.2) is 36.4 Å². The summed E-state index contributed by atoms with van der Waals surface area (Å²) in [7, 11) is 0. The van der Waals surface area contributed by atoms with Crippen LogP contribution in [-0.4, -0.2) is 5.91 Å². The van der Waals surface area contributed by atoms with Gasteiger partial charge in [0.2, 0.25) is 5.91 Å². The van der Waals surface area contributed by atoms with E-state index in [4.69, 9.17) is 17.3 Å². The fourth-order valence-corrected chi connectivity index (χ4v) is 2.44. The van der Waals surface area contributed by atoms with Crippen LogP contribution in [0.1, 0.15) is 12.0 Å². The number of amides is 1. The van der Waals surface area contributed by atoms with Crippen LogP contribution in [0.2, 0.25) is 5.02 Å². The second kappa shape index (κ2) is 5.06. The zero-order valence-electron chi connectivity index (χ0n) is 10.7. The Balaban J connectivity index is 1.95. The van der Waals surface area contributed by atoms with Crippen molar-refractivity contribution in [3.05, 3.63) is 47.0 Å². The lowest BCUT2D eigenvalue weighted by Crippen LogP contribution is -2.19. The van der Waals surface area contributed by atoms with Gasteiger partial charge in [-0.15, -0.1) is 0 Å². The van der Waals surface area contributed by atoms with Gasteiger partial charge in [0, 0.05) is 12.1 Å². The lowest BCUT2D eigenvalue weighted by molar-refractivity contribution is -0.116. The van der Waals surface area contributed by atoms with Crippen LogP contribution >= 0.6 is 11.6 Å². The van der Waals surface area contributed by atoms with E-state index in [-0.39, 0.29) is 5.91 Å². The Morgan fingerprint density at radius 1 is 1.15 bits per heavy atom. The summed E-state index contributed by atoms with van der Waals surface area (Å²) in [5.74, 6) is 0.0312. The maximum atomic E-state index is 11.4. The summed E-state index contributed by atoms with van der Waals surface area (Å²) in [6.07, 6.45) is 1.22. The van der Waals surface area contributed by atoms with Crippen molar-refractivity contribution in [2.24, 2.45) is 0 Å². The highest BCUT2D eigenvalue weighted by Crippen LogP contribution is 2.34. The molecule has 102 valence electrons. The minimum absolute atomic E-state index is 0.0312. The maximum Gasteiger partial charge on any atom is 0.224 e. The van der Waals surface area contributed by atoms with Crippen molar-refractivity contribution in [2.45, 2.75) is 12.8 Å². The zero-order valence-corrected chi connectivity index (χ0v) is 11.5. The summed E-state index contributed by atoms with van der Waals surface area (Å²) in [6.45, 7) is 0. The van der Waals surface area contributed by atoms with Crippen molar-refractivity contribution in [2.75, 3.05) is 16.4 Å². The first kappa shape index (κ1) is 12.8. The molecule has 0 spiro atoms. The summed E-state index contributed by atoms with van der Waals surface area (Å²) in [4.78, 5) is 11.4. The Morgan fingerprint density at radius 2 is 1.95 bits per heavy atom. The number of halogens is 1. The van der Waals surface area contributed by atoms with E-state index in [9.17, 15) is 4.79 Å². The molecule has 1 aliphatic heterocycles. The van der Waals surface area contributed by atoms with Crippen LogP contribution in [-0.2, 0) is 11.2 Å². The van der Waals surface area contributed by atoms with E-state index >= 15 is 0 Å². The minimum Gasteiger partial charge on any atom is -0.397 e. The molecule has 3 rings (SSSR count). The Hall–Kier alpha value is -2.20. The van der Waals surface area contributed by atoms with E-state index in [2.05, 4.69) is 10.6 Å². The highest BCUT2D eigenvalue weighted by molar-refractivity contribution is 6.33. The Kier molecular flexibility index (Phi) is 3.24. The quantitative estimate of drug-likeness (QED) is 0.740. The minimum atomic E-state index is 0.0312. The molecule has 1 aliphatic rings. The van der Waals surface area contributed by atoms with Gasteiger partial charge in [0.15, 0.2) is 0 Å². The number of nitrogens with one attached hydrogen (secondary N) is 2. The number of nitrogens with two attached hydrogens (primary N) is 1. The number of benzene rings is 2. The lowest BCUT2D eigenvalue weighted by atomic mass is 10.0. The first-order chi connectivity index (χ1) is 9.63. The smallest absolute Gasteiger partial charge is 0.224 e. The number of anilines is 4. The predicted molar refractivity (Wildman–Crippen MR) is 82.5 cm³/mol. The van der Waals surface area contributed by atoms with E-state index in [1.54, 1.807) is 6.07 Å². The normalized spacial score (nSPS) is 13.6. The number of hydrogen-bond donors (Lipinski definition) is 3. The molecule has 2 aromatic carbocycles. The molecule has 0 radical (unpaired) electrons. The number of carbonyl (C=O) groups excluding carboxylic acids is 1. The highest BCUT2D eigenvalue weighted by atomic mass is 35.5. The van der Waals surface area contributed by atoms with Gasteiger partial charge in [-0.05, 0) is 36.2 Å². The number of para-hydroxylation sites is 1. The molecule has 1 amide bonds. The number of rotatable bonds is 2. The topological polar surface area (TPSA) is 67.1 Å². The largest absolute Gasteiger partial charge is 0.397 e. The monoisotopic (exact) mass is 287 g/mol. The fraction of sp³-hybridized carbons (Fsp3) is 0.133. The summed E-state index contributed by atoms with van der Waals surface area (Å²) >= 11 is 6.13. The maximum absolute atomic E-state index is 11.4. The van der Waals surface area contributed by atoms with E-state index < -0.39 is 0 Å². The molecular weight excluding hydrogens is 274 g/mol. The van der Waals surface area contributed by atoms with Crippen molar-refractivity contribution in [1.29, 1.82) is 0 Å². The third-order valence-corrected chi connectivity index (χ3v) is 3.64. The van der Waals surface area contributed by atoms with Crippen LogP contribution in [0.3, 0.4) is 0 Å². The Bertz CT molecular complexity index is 685.